The molecule has 1 aliphatic rings. The minimum atomic E-state index is -0.116. The summed E-state index contributed by atoms with van der Waals surface area (Å²) in [5, 5.41) is 7.45. The van der Waals surface area contributed by atoms with Crippen LogP contribution in [-0.4, -0.2) is 18.5 Å². The molecule has 1 aromatic heterocycles. The Hall–Kier alpha value is -1.81. The summed E-state index contributed by atoms with van der Waals surface area (Å²) >= 11 is 0. The summed E-state index contributed by atoms with van der Waals surface area (Å²) in [6.07, 6.45) is 4.39. The van der Waals surface area contributed by atoms with E-state index in [1.807, 2.05) is 37.3 Å². The van der Waals surface area contributed by atoms with Gasteiger partial charge >= 0.3 is 0 Å². The van der Waals surface area contributed by atoms with Gasteiger partial charge in [0.2, 0.25) is 5.91 Å². The molecule has 2 N–H and O–H groups in total. The van der Waals surface area contributed by atoms with Crippen molar-refractivity contribution in [1.82, 2.24) is 10.6 Å². The highest BCUT2D eigenvalue weighted by Gasteiger charge is 2.22. The van der Waals surface area contributed by atoms with Crippen molar-refractivity contribution in [2.24, 2.45) is 0 Å². The fourth-order valence-corrected chi connectivity index (χ4v) is 2.85. The first-order valence-electron chi connectivity index (χ1n) is 7.76. The van der Waals surface area contributed by atoms with Crippen molar-refractivity contribution in [3.63, 3.8) is 0 Å². The van der Waals surface area contributed by atoms with E-state index in [-0.39, 0.29) is 18.0 Å². The molecule has 1 aromatic carbocycles. The lowest BCUT2D eigenvalue weighted by molar-refractivity contribution is -0.124. The van der Waals surface area contributed by atoms with Crippen LogP contribution in [0, 0.1) is 0 Å². The Labute approximate surface area is 124 Å². The first kappa shape index (κ1) is 14.1. The van der Waals surface area contributed by atoms with Crippen LogP contribution in [-0.2, 0) is 4.79 Å². The standard InChI is InChI=1S/C17H22N2O2/c1-12(16-11-13-7-4-5-9-15(13)21-16)19-17(20)14-8-3-2-6-10-18-14/h4-5,7,9,11-12,14,18H,2-3,6,8,10H2,1H3,(H,19,20). The first-order chi connectivity index (χ1) is 10.2. The number of hydrogen-bond acceptors (Lipinski definition) is 3. The average molecular weight is 286 g/mol. The van der Waals surface area contributed by atoms with Crippen molar-refractivity contribution in [1.29, 1.82) is 0 Å². The van der Waals surface area contributed by atoms with E-state index in [1.54, 1.807) is 0 Å². The van der Waals surface area contributed by atoms with E-state index in [0.29, 0.717) is 0 Å². The molecular weight excluding hydrogens is 264 g/mol. The van der Waals surface area contributed by atoms with Gasteiger partial charge in [-0.2, -0.15) is 0 Å². The lowest BCUT2D eigenvalue weighted by Gasteiger charge is -2.18. The highest BCUT2D eigenvalue weighted by molar-refractivity contribution is 5.82. The summed E-state index contributed by atoms with van der Waals surface area (Å²) < 4.78 is 5.81. The molecule has 3 rings (SSSR count). The monoisotopic (exact) mass is 286 g/mol. The zero-order valence-electron chi connectivity index (χ0n) is 12.4. The van der Waals surface area contributed by atoms with E-state index in [4.69, 9.17) is 4.42 Å². The molecular formula is C17H22N2O2. The molecule has 21 heavy (non-hydrogen) atoms. The number of carbonyl (C=O) groups excluding carboxylic acids is 1. The van der Waals surface area contributed by atoms with Crippen molar-refractivity contribution >= 4 is 16.9 Å². The van der Waals surface area contributed by atoms with Gasteiger partial charge < -0.3 is 15.1 Å². The maximum Gasteiger partial charge on any atom is 0.237 e. The maximum absolute atomic E-state index is 12.3. The van der Waals surface area contributed by atoms with Crippen LogP contribution in [0.2, 0.25) is 0 Å². The quantitative estimate of drug-likeness (QED) is 0.911. The Kier molecular flexibility index (Phi) is 4.25. The van der Waals surface area contributed by atoms with E-state index in [9.17, 15) is 4.79 Å². The molecule has 1 fully saturated rings. The summed E-state index contributed by atoms with van der Waals surface area (Å²) in [7, 11) is 0. The first-order valence-corrected chi connectivity index (χ1v) is 7.76. The SMILES string of the molecule is CC(NC(=O)C1CCCCCN1)c1cc2ccccc2o1. The molecule has 112 valence electrons. The van der Waals surface area contributed by atoms with E-state index < -0.39 is 0 Å². The highest BCUT2D eigenvalue weighted by atomic mass is 16.3. The second-order valence-electron chi connectivity index (χ2n) is 5.77. The number of para-hydroxylation sites is 1. The molecule has 0 bridgehead atoms. The van der Waals surface area contributed by atoms with Gasteiger partial charge in [-0.05, 0) is 38.4 Å². The van der Waals surface area contributed by atoms with Crippen molar-refractivity contribution in [3.05, 3.63) is 36.1 Å². The van der Waals surface area contributed by atoms with Crippen molar-refractivity contribution in [3.8, 4) is 0 Å². The third-order valence-electron chi connectivity index (χ3n) is 4.11. The van der Waals surface area contributed by atoms with Gasteiger partial charge in [0.25, 0.3) is 0 Å². The van der Waals surface area contributed by atoms with Crippen LogP contribution in [0.3, 0.4) is 0 Å². The van der Waals surface area contributed by atoms with Crippen molar-refractivity contribution in [2.45, 2.75) is 44.7 Å². The molecule has 2 aromatic rings. The van der Waals surface area contributed by atoms with Crippen LogP contribution in [0.15, 0.2) is 34.7 Å². The lowest BCUT2D eigenvalue weighted by Crippen LogP contribution is -2.44. The van der Waals surface area contributed by atoms with Crippen molar-refractivity contribution in [2.75, 3.05) is 6.54 Å². The van der Waals surface area contributed by atoms with Crippen LogP contribution in [0.25, 0.3) is 11.0 Å². The fourth-order valence-electron chi connectivity index (χ4n) is 2.85. The minimum absolute atomic E-state index is 0.0701. The summed E-state index contributed by atoms with van der Waals surface area (Å²) in [5.74, 6) is 0.878. The minimum Gasteiger partial charge on any atom is -0.459 e. The zero-order chi connectivity index (χ0) is 14.7. The van der Waals surface area contributed by atoms with Gasteiger partial charge in [-0.1, -0.05) is 31.0 Å². The molecule has 0 saturated carbocycles. The molecule has 0 radical (unpaired) electrons. The van der Waals surface area contributed by atoms with E-state index in [2.05, 4.69) is 10.6 Å². The molecule has 4 heteroatoms. The van der Waals surface area contributed by atoms with E-state index >= 15 is 0 Å². The van der Waals surface area contributed by atoms with Crippen LogP contribution in [0.5, 0.6) is 0 Å². The normalized spacial score (nSPS) is 20.9. The van der Waals surface area contributed by atoms with Gasteiger partial charge in [0.15, 0.2) is 0 Å². The number of fused-ring (bicyclic) bond motifs is 1. The molecule has 1 saturated heterocycles. The Bertz CT molecular complexity index is 579. The molecule has 4 nitrogen and oxygen atoms in total. The third-order valence-corrected chi connectivity index (χ3v) is 4.11. The molecule has 0 aliphatic carbocycles. The molecule has 1 amide bonds. The topological polar surface area (TPSA) is 54.3 Å². The number of hydrogen-bond donors (Lipinski definition) is 2. The summed E-state index contributed by atoms with van der Waals surface area (Å²) in [6, 6.07) is 9.72. The van der Waals surface area contributed by atoms with E-state index in [0.717, 1.165) is 42.5 Å². The molecule has 0 spiro atoms. The Morgan fingerprint density at radius 2 is 2.19 bits per heavy atom. The number of furan rings is 1. The molecule has 2 heterocycles. The Morgan fingerprint density at radius 3 is 3.05 bits per heavy atom. The molecule has 2 atom stereocenters. The second-order valence-corrected chi connectivity index (χ2v) is 5.77. The van der Waals surface area contributed by atoms with Crippen LogP contribution >= 0.6 is 0 Å². The second kappa shape index (κ2) is 6.31. The number of nitrogens with one attached hydrogen (secondary N) is 2. The summed E-state index contributed by atoms with van der Waals surface area (Å²) in [4.78, 5) is 12.3. The van der Waals surface area contributed by atoms with Crippen molar-refractivity contribution < 1.29 is 9.21 Å². The van der Waals surface area contributed by atoms with Gasteiger partial charge in [-0.15, -0.1) is 0 Å². The predicted molar refractivity (Wildman–Crippen MR) is 83.0 cm³/mol. The summed E-state index contributed by atoms with van der Waals surface area (Å²) in [5.41, 5.74) is 0.862. The third kappa shape index (κ3) is 3.27. The van der Waals surface area contributed by atoms with Gasteiger partial charge in [0.1, 0.15) is 11.3 Å². The highest BCUT2D eigenvalue weighted by Crippen LogP contribution is 2.23. The number of amides is 1. The molecule has 2 unspecified atom stereocenters. The zero-order valence-corrected chi connectivity index (χ0v) is 12.4. The van der Waals surface area contributed by atoms with Gasteiger partial charge in [-0.3, -0.25) is 4.79 Å². The Morgan fingerprint density at radius 1 is 1.33 bits per heavy atom. The number of carbonyl (C=O) groups is 1. The summed E-state index contributed by atoms with van der Waals surface area (Å²) in [6.45, 7) is 2.89. The van der Waals surface area contributed by atoms with Crippen LogP contribution < -0.4 is 10.6 Å². The van der Waals surface area contributed by atoms with Gasteiger partial charge in [0, 0.05) is 5.39 Å². The average Bonchev–Trinajstić information content (AvgIpc) is 2.73. The lowest BCUT2D eigenvalue weighted by atomic mass is 10.1. The maximum atomic E-state index is 12.3. The number of rotatable bonds is 3. The van der Waals surface area contributed by atoms with Crippen LogP contribution in [0.1, 0.15) is 44.4 Å². The smallest absolute Gasteiger partial charge is 0.237 e. The van der Waals surface area contributed by atoms with Gasteiger partial charge in [0.05, 0.1) is 12.1 Å². The Balaban J connectivity index is 1.67. The van der Waals surface area contributed by atoms with E-state index in [1.165, 1.54) is 6.42 Å². The van der Waals surface area contributed by atoms with Gasteiger partial charge in [-0.25, -0.2) is 0 Å². The largest absolute Gasteiger partial charge is 0.459 e. The molecule has 1 aliphatic heterocycles. The predicted octanol–water partition coefficient (Wildman–Crippen LogP) is 3.14. The van der Waals surface area contributed by atoms with Crippen LogP contribution in [0.4, 0.5) is 0 Å². The fraction of sp³-hybridized carbons (Fsp3) is 0.471. The number of benzene rings is 1.